The first-order valence-electron chi connectivity index (χ1n) is 9.86. The van der Waals surface area contributed by atoms with Crippen LogP contribution in [-0.4, -0.2) is 52.7 Å². The molecule has 2 aromatic carbocycles. The van der Waals surface area contributed by atoms with Crippen LogP contribution in [0.1, 0.15) is 11.1 Å². The lowest BCUT2D eigenvalue weighted by molar-refractivity contribution is 0.00871. The lowest BCUT2D eigenvalue weighted by Crippen LogP contribution is -2.34. The number of fused-ring (bicyclic) bond motifs is 2. The number of halogens is 1. The van der Waals surface area contributed by atoms with Gasteiger partial charge in [-0.05, 0) is 43.2 Å². The lowest BCUT2D eigenvalue weighted by Gasteiger charge is -2.21. The summed E-state index contributed by atoms with van der Waals surface area (Å²) in [6.45, 7) is 4.49. The number of aliphatic hydroxyl groups is 1. The molecule has 3 heterocycles. The third-order valence-electron chi connectivity index (χ3n) is 5.54. The molecule has 0 amide bonds. The van der Waals surface area contributed by atoms with Crippen molar-refractivity contribution in [2.24, 2.45) is 0 Å². The molecule has 5 rings (SSSR count). The molecule has 156 valence electrons. The first-order valence-corrected chi connectivity index (χ1v) is 9.86. The van der Waals surface area contributed by atoms with Crippen molar-refractivity contribution in [1.29, 1.82) is 0 Å². The first kappa shape index (κ1) is 19.2. The summed E-state index contributed by atoms with van der Waals surface area (Å²) in [5.41, 5.74) is 3.55. The second-order valence-corrected chi connectivity index (χ2v) is 7.78. The molecular weight excluding hydrogens is 389 g/mol. The van der Waals surface area contributed by atoms with Gasteiger partial charge >= 0.3 is 0 Å². The molecule has 1 aromatic heterocycles. The van der Waals surface area contributed by atoms with Gasteiger partial charge in [-0.15, -0.1) is 0 Å². The maximum Gasteiger partial charge on any atom is 0.151 e. The molecule has 0 radical (unpaired) electrons. The van der Waals surface area contributed by atoms with Crippen LogP contribution in [0.4, 0.5) is 15.9 Å². The molecule has 7 nitrogen and oxygen atoms in total. The Morgan fingerprint density at radius 1 is 1.10 bits per heavy atom. The minimum atomic E-state index is -0.674. The SMILES string of the molecule is Cc1cc(C)c2c(Nc3ccc(F)cc3OC3COC4C(O)COC34)ncnc2c1. The third kappa shape index (κ3) is 3.36. The highest BCUT2D eigenvalue weighted by atomic mass is 19.1. The average molecular weight is 411 g/mol. The van der Waals surface area contributed by atoms with Gasteiger partial charge in [0.2, 0.25) is 0 Å². The largest absolute Gasteiger partial charge is 0.483 e. The highest BCUT2D eigenvalue weighted by Crippen LogP contribution is 2.35. The summed E-state index contributed by atoms with van der Waals surface area (Å²) in [4.78, 5) is 8.77. The summed E-state index contributed by atoms with van der Waals surface area (Å²) in [6.07, 6.45) is -0.428. The highest BCUT2D eigenvalue weighted by molar-refractivity contribution is 5.94. The number of ether oxygens (including phenoxy) is 3. The minimum Gasteiger partial charge on any atom is -0.483 e. The number of aliphatic hydroxyl groups excluding tert-OH is 1. The molecule has 2 aliphatic heterocycles. The van der Waals surface area contributed by atoms with Crippen LogP contribution in [0.2, 0.25) is 0 Å². The van der Waals surface area contributed by atoms with Crippen LogP contribution in [0.15, 0.2) is 36.7 Å². The van der Waals surface area contributed by atoms with Gasteiger partial charge in [0.15, 0.2) is 6.10 Å². The predicted octanol–water partition coefficient (Wildman–Crippen LogP) is 3.04. The number of hydrogen-bond acceptors (Lipinski definition) is 7. The van der Waals surface area contributed by atoms with Crippen LogP contribution in [0.5, 0.6) is 5.75 Å². The van der Waals surface area contributed by atoms with Gasteiger partial charge in [-0.2, -0.15) is 0 Å². The molecule has 4 unspecified atom stereocenters. The van der Waals surface area contributed by atoms with Crippen LogP contribution in [0.25, 0.3) is 10.9 Å². The maximum absolute atomic E-state index is 14.0. The Labute approximate surface area is 172 Å². The summed E-state index contributed by atoms with van der Waals surface area (Å²) in [6, 6.07) is 8.36. The fraction of sp³-hybridized carbons (Fsp3) is 0.364. The van der Waals surface area contributed by atoms with E-state index in [0.29, 0.717) is 17.3 Å². The smallest absolute Gasteiger partial charge is 0.151 e. The Kier molecular flexibility index (Phi) is 4.77. The molecule has 0 saturated carbocycles. The van der Waals surface area contributed by atoms with Crippen LogP contribution in [0.3, 0.4) is 0 Å². The zero-order chi connectivity index (χ0) is 20.8. The summed E-state index contributed by atoms with van der Waals surface area (Å²) in [5.74, 6) is 0.519. The van der Waals surface area contributed by atoms with Crippen molar-refractivity contribution < 1.29 is 23.7 Å². The van der Waals surface area contributed by atoms with E-state index in [1.165, 1.54) is 18.5 Å². The van der Waals surface area contributed by atoms with Gasteiger partial charge in [0, 0.05) is 11.5 Å². The van der Waals surface area contributed by atoms with Gasteiger partial charge in [0.05, 0.1) is 24.4 Å². The minimum absolute atomic E-state index is 0.203. The van der Waals surface area contributed by atoms with E-state index in [-0.39, 0.29) is 19.3 Å². The van der Waals surface area contributed by atoms with Crippen molar-refractivity contribution in [2.75, 3.05) is 18.5 Å². The number of aromatic nitrogens is 2. The second kappa shape index (κ2) is 7.46. The van der Waals surface area contributed by atoms with Gasteiger partial charge in [0.25, 0.3) is 0 Å². The number of aryl methyl sites for hydroxylation is 2. The number of nitrogens with one attached hydrogen (secondary N) is 1. The van der Waals surface area contributed by atoms with Crippen molar-refractivity contribution in [3.05, 3.63) is 53.6 Å². The Morgan fingerprint density at radius 2 is 1.93 bits per heavy atom. The van der Waals surface area contributed by atoms with Gasteiger partial charge in [-0.3, -0.25) is 0 Å². The summed E-state index contributed by atoms with van der Waals surface area (Å²) in [5, 5.41) is 14.1. The number of anilines is 2. The molecule has 3 aromatic rings. The maximum atomic E-state index is 14.0. The molecule has 0 spiro atoms. The molecule has 0 bridgehead atoms. The molecular formula is C22H22FN3O4. The summed E-state index contributed by atoms with van der Waals surface area (Å²) in [7, 11) is 0. The van der Waals surface area contributed by atoms with E-state index in [4.69, 9.17) is 14.2 Å². The van der Waals surface area contributed by atoms with Crippen molar-refractivity contribution in [2.45, 2.75) is 38.3 Å². The van der Waals surface area contributed by atoms with Crippen molar-refractivity contribution in [1.82, 2.24) is 9.97 Å². The first-order chi connectivity index (χ1) is 14.5. The lowest BCUT2D eigenvalue weighted by atomic mass is 10.1. The number of hydrogen-bond donors (Lipinski definition) is 2. The van der Waals surface area contributed by atoms with E-state index in [9.17, 15) is 9.50 Å². The summed E-state index contributed by atoms with van der Waals surface area (Å²) < 4.78 is 31.3. The van der Waals surface area contributed by atoms with Crippen LogP contribution < -0.4 is 10.1 Å². The van der Waals surface area contributed by atoms with E-state index in [2.05, 4.69) is 21.4 Å². The van der Waals surface area contributed by atoms with Crippen LogP contribution in [0, 0.1) is 19.7 Å². The van der Waals surface area contributed by atoms with Crippen LogP contribution in [-0.2, 0) is 9.47 Å². The second-order valence-electron chi connectivity index (χ2n) is 7.78. The fourth-order valence-electron chi connectivity index (χ4n) is 4.20. The van der Waals surface area contributed by atoms with E-state index in [0.717, 1.165) is 22.0 Å². The third-order valence-corrected chi connectivity index (χ3v) is 5.54. The highest BCUT2D eigenvalue weighted by Gasteiger charge is 2.48. The zero-order valence-electron chi connectivity index (χ0n) is 16.6. The van der Waals surface area contributed by atoms with Crippen molar-refractivity contribution >= 4 is 22.4 Å². The number of rotatable bonds is 4. The van der Waals surface area contributed by atoms with Gasteiger partial charge in [-0.25, -0.2) is 14.4 Å². The number of benzene rings is 2. The Bertz CT molecular complexity index is 1110. The molecule has 2 fully saturated rings. The Morgan fingerprint density at radius 3 is 2.80 bits per heavy atom. The Balaban J connectivity index is 1.47. The monoisotopic (exact) mass is 411 g/mol. The molecule has 0 aliphatic carbocycles. The quantitative estimate of drug-likeness (QED) is 0.683. The van der Waals surface area contributed by atoms with Crippen molar-refractivity contribution in [3.8, 4) is 5.75 Å². The molecule has 2 N–H and O–H groups in total. The number of nitrogens with zero attached hydrogens (tertiary/aromatic N) is 2. The van der Waals surface area contributed by atoms with E-state index >= 15 is 0 Å². The zero-order valence-corrected chi connectivity index (χ0v) is 16.6. The van der Waals surface area contributed by atoms with Crippen LogP contribution >= 0.6 is 0 Å². The molecule has 30 heavy (non-hydrogen) atoms. The standard InChI is InChI=1S/C22H22FN3O4/c1-11-5-12(2)19-15(6-11)24-10-25-22(19)26-14-4-3-13(23)7-17(14)30-18-9-29-20-16(27)8-28-21(18)20/h3-7,10,16,18,20-21,27H,8-9H2,1-2H3,(H,24,25,26). The predicted molar refractivity (Wildman–Crippen MR) is 109 cm³/mol. The fourth-order valence-corrected chi connectivity index (χ4v) is 4.20. The van der Waals surface area contributed by atoms with Gasteiger partial charge < -0.3 is 24.6 Å². The molecule has 2 aliphatic rings. The normalized spacial score (nSPS) is 25.5. The summed E-state index contributed by atoms with van der Waals surface area (Å²) >= 11 is 0. The average Bonchev–Trinajstić information content (AvgIpc) is 3.27. The Hall–Kier alpha value is -2.81. The van der Waals surface area contributed by atoms with E-state index in [1.54, 1.807) is 6.07 Å². The molecule has 8 heteroatoms. The van der Waals surface area contributed by atoms with E-state index < -0.39 is 24.1 Å². The van der Waals surface area contributed by atoms with Gasteiger partial charge in [-0.1, -0.05) is 6.07 Å². The van der Waals surface area contributed by atoms with E-state index in [1.807, 2.05) is 19.9 Å². The van der Waals surface area contributed by atoms with Crippen molar-refractivity contribution in [3.63, 3.8) is 0 Å². The van der Waals surface area contributed by atoms with Gasteiger partial charge in [0.1, 0.15) is 42.0 Å². The molecule has 4 atom stereocenters. The topological polar surface area (TPSA) is 85.7 Å². The molecule has 2 saturated heterocycles.